The van der Waals surface area contributed by atoms with Gasteiger partial charge in [-0.1, -0.05) is 12.1 Å². The Morgan fingerprint density at radius 1 is 1.12 bits per heavy atom. The molecule has 4 rings (SSSR count). The molecule has 0 fully saturated rings. The van der Waals surface area contributed by atoms with Crippen molar-refractivity contribution in [1.82, 2.24) is 9.97 Å². The molecule has 3 aromatic heterocycles. The van der Waals surface area contributed by atoms with E-state index in [-0.39, 0.29) is 11.7 Å². The molecule has 1 amide bonds. The summed E-state index contributed by atoms with van der Waals surface area (Å²) >= 11 is 1.61. The molecule has 0 aliphatic carbocycles. The van der Waals surface area contributed by atoms with Crippen molar-refractivity contribution in [2.45, 2.75) is 6.54 Å². The van der Waals surface area contributed by atoms with Gasteiger partial charge in [0.1, 0.15) is 12.1 Å². The van der Waals surface area contributed by atoms with Crippen molar-refractivity contribution < 1.29 is 9.21 Å². The molecular weight excluding hydrogens is 336 g/mol. The molecular formula is C18H14N4O2S. The van der Waals surface area contributed by atoms with E-state index in [1.165, 1.54) is 6.26 Å². The lowest BCUT2D eigenvalue weighted by molar-refractivity contribution is 0.0996. The molecule has 0 spiro atoms. The first-order valence-corrected chi connectivity index (χ1v) is 8.53. The number of hydrogen-bond acceptors (Lipinski definition) is 6. The van der Waals surface area contributed by atoms with Gasteiger partial charge < -0.3 is 15.1 Å². The molecule has 0 atom stereocenters. The molecule has 0 unspecified atom stereocenters. The Morgan fingerprint density at radius 2 is 2.00 bits per heavy atom. The number of fused-ring (bicyclic) bond motifs is 1. The number of nitrogens with one attached hydrogen (secondary N) is 2. The van der Waals surface area contributed by atoms with Crippen molar-refractivity contribution in [2.75, 3.05) is 10.6 Å². The zero-order valence-electron chi connectivity index (χ0n) is 13.1. The van der Waals surface area contributed by atoms with Crippen LogP contribution in [0.15, 0.2) is 64.9 Å². The third-order valence-corrected chi connectivity index (χ3v) is 4.57. The van der Waals surface area contributed by atoms with Crippen LogP contribution in [0.3, 0.4) is 0 Å². The second kappa shape index (κ2) is 6.74. The molecule has 25 heavy (non-hydrogen) atoms. The van der Waals surface area contributed by atoms with Crippen LogP contribution in [0.25, 0.3) is 10.2 Å². The van der Waals surface area contributed by atoms with Crippen LogP contribution >= 0.6 is 11.3 Å². The number of nitrogens with zero attached hydrogens (tertiary/aromatic N) is 2. The number of thiophene rings is 1. The van der Waals surface area contributed by atoms with E-state index < -0.39 is 0 Å². The third kappa shape index (κ3) is 3.36. The highest BCUT2D eigenvalue weighted by atomic mass is 32.1. The van der Waals surface area contributed by atoms with Gasteiger partial charge in [0, 0.05) is 12.2 Å². The summed E-state index contributed by atoms with van der Waals surface area (Å²) in [5.41, 5.74) is 2.74. The molecule has 6 nitrogen and oxygen atoms in total. The zero-order chi connectivity index (χ0) is 17.1. The predicted octanol–water partition coefficient (Wildman–Crippen LogP) is 4.15. The maximum absolute atomic E-state index is 11.9. The van der Waals surface area contributed by atoms with E-state index in [1.54, 1.807) is 29.8 Å². The maximum Gasteiger partial charge on any atom is 0.291 e. The van der Waals surface area contributed by atoms with Gasteiger partial charge in [0.25, 0.3) is 5.91 Å². The molecule has 4 aromatic rings. The second-order valence-corrected chi connectivity index (χ2v) is 6.26. The molecule has 0 saturated heterocycles. The topological polar surface area (TPSA) is 80.0 Å². The Hall–Kier alpha value is -3.19. The van der Waals surface area contributed by atoms with E-state index in [2.05, 4.69) is 20.6 Å². The predicted molar refractivity (Wildman–Crippen MR) is 97.8 cm³/mol. The molecule has 0 aliphatic rings. The number of furan rings is 1. The van der Waals surface area contributed by atoms with E-state index in [0.717, 1.165) is 21.6 Å². The average Bonchev–Trinajstić information content (AvgIpc) is 3.32. The quantitative estimate of drug-likeness (QED) is 0.565. The number of anilines is 2. The van der Waals surface area contributed by atoms with Gasteiger partial charge in [0.15, 0.2) is 5.76 Å². The largest absolute Gasteiger partial charge is 0.459 e. The summed E-state index contributed by atoms with van der Waals surface area (Å²) in [5.74, 6) is 0.849. The lowest BCUT2D eigenvalue weighted by Gasteiger charge is -2.08. The van der Waals surface area contributed by atoms with Gasteiger partial charge in [-0.2, -0.15) is 0 Å². The molecule has 2 N–H and O–H groups in total. The summed E-state index contributed by atoms with van der Waals surface area (Å²) in [7, 11) is 0. The Morgan fingerprint density at radius 3 is 2.80 bits per heavy atom. The maximum atomic E-state index is 11.9. The molecule has 124 valence electrons. The van der Waals surface area contributed by atoms with Gasteiger partial charge >= 0.3 is 0 Å². The Kier molecular flexibility index (Phi) is 4.14. The van der Waals surface area contributed by atoms with E-state index >= 15 is 0 Å². The summed E-state index contributed by atoms with van der Waals surface area (Å²) in [6.45, 7) is 0.635. The number of hydrogen-bond donors (Lipinski definition) is 2. The number of aromatic nitrogens is 2. The highest BCUT2D eigenvalue weighted by Gasteiger charge is 2.08. The van der Waals surface area contributed by atoms with Crippen molar-refractivity contribution in [2.24, 2.45) is 0 Å². The van der Waals surface area contributed by atoms with Crippen molar-refractivity contribution in [1.29, 1.82) is 0 Å². The number of rotatable bonds is 5. The van der Waals surface area contributed by atoms with Gasteiger partial charge in [0.2, 0.25) is 0 Å². The van der Waals surface area contributed by atoms with E-state index in [0.29, 0.717) is 12.2 Å². The molecule has 0 saturated carbocycles. The molecule has 0 bridgehead atoms. The van der Waals surface area contributed by atoms with E-state index in [4.69, 9.17) is 4.42 Å². The average molecular weight is 350 g/mol. The first-order chi connectivity index (χ1) is 12.3. The van der Waals surface area contributed by atoms with Crippen LogP contribution in [0.1, 0.15) is 16.1 Å². The Bertz CT molecular complexity index is 994. The summed E-state index contributed by atoms with van der Waals surface area (Å²) < 4.78 is 6.12. The highest BCUT2D eigenvalue weighted by molar-refractivity contribution is 7.17. The lowest BCUT2D eigenvalue weighted by Crippen LogP contribution is -2.10. The smallest absolute Gasteiger partial charge is 0.291 e. The van der Waals surface area contributed by atoms with Gasteiger partial charge in [-0.25, -0.2) is 9.97 Å². The van der Waals surface area contributed by atoms with Gasteiger partial charge in [-0.3, -0.25) is 4.79 Å². The first kappa shape index (κ1) is 15.3. The van der Waals surface area contributed by atoms with Crippen molar-refractivity contribution in [3.63, 3.8) is 0 Å². The van der Waals surface area contributed by atoms with E-state index in [9.17, 15) is 4.79 Å². The number of carbonyl (C=O) groups excluding carboxylic acids is 1. The molecule has 0 radical (unpaired) electrons. The number of amides is 1. The normalized spacial score (nSPS) is 10.7. The minimum Gasteiger partial charge on any atom is -0.459 e. The first-order valence-electron chi connectivity index (χ1n) is 7.65. The monoisotopic (exact) mass is 350 g/mol. The molecule has 0 aliphatic heterocycles. The summed E-state index contributed by atoms with van der Waals surface area (Å²) in [5, 5.41) is 8.12. The van der Waals surface area contributed by atoms with Gasteiger partial charge in [-0.05, 0) is 41.3 Å². The lowest BCUT2D eigenvalue weighted by atomic mass is 10.2. The fraction of sp³-hybridized carbons (Fsp3) is 0.0556. The van der Waals surface area contributed by atoms with Crippen LogP contribution in [0.2, 0.25) is 0 Å². The van der Waals surface area contributed by atoms with E-state index in [1.807, 2.05) is 35.7 Å². The van der Waals surface area contributed by atoms with Crippen molar-refractivity contribution in [3.8, 4) is 0 Å². The summed E-state index contributed by atoms with van der Waals surface area (Å²) in [4.78, 5) is 20.5. The van der Waals surface area contributed by atoms with Crippen LogP contribution in [0.5, 0.6) is 0 Å². The SMILES string of the molecule is O=C(Nc1ccc(CNc2ncnc3ccsc23)cc1)c1ccco1. The third-order valence-electron chi connectivity index (χ3n) is 3.66. The second-order valence-electron chi connectivity index (χ2n) is 5.34. The Balaban J connectivity index is 1.40. The minimum atomic E-state index is -0.267. The summed E-state index contributed by atoms with van der Waals surface area (Å²) in [6, 6.07) is 12.9. The molecule has 7 heteroatoms. The summed E-state index contributed by atoms with van der Waals surface area (Å²) in [6.07, 6.45) is 3.03. The Labute approximate surface area is 147 Å². The number of carbonyl (C=O) groups is 1. The zero-order valence-corrected chi connectivity index (χ0v) is 13.9. The molecule has 3 heterocycles. The van der Waals surface area contributed by atoms with Crippen molar-refractivity contribution in [3.05, 3.63) is 71.8 Å². The van der Waals surface area contributed by atoms with Crippen molar-refractivity contribution >= 4 is 39.0 Å². The van der Waals surface area contributed by atoms with Crippen LogP contribution < -0.4 is 10.6 Å². The minimum absolute atomic E-state index is 0.267. The van der Waals surface area contributed by atoms with Gasteiger partial charge in [-0.15, -0.1) is 11.3 Å². The standard InChI is InChI=1S/C18H14N4O2S/c23-18(15-2-1-8-24-15)22-13-5-3-12(4-6-13)10-19-17-16-14(7-9-25-16)20-11-21-17/h1-9,11H,10H2,(H,22,23)(H,19,20,21). The fourth-order valence-corrected chi connectivity index (χ4v) is 3.22. The van der Waals surface area contributed by atoms with Crippen LogP contribution in [0.4, 0.5) is 11.5 Å². The van der Waals surface area contributed by atoms with Crippen LogP contribution in [-0.2, 0) is 6.54 Å². The van der Waals surface area contributed by atoms with Crippen LogP contribution in [-0.4, -0.2) is 15.9 Å². The fourth-order valence-electron chi connectivity index (χ4n) is 2.41. The van der Waals surface area contributed by atoms with Crippen LogP contribution in [0, 0.1) is 0 Å². The van der Waals surface area contributed by atoms with Gasteiger partial charge in [0.05, 0.1) is 16.5 Å². The molecule has 1 aromatic carbocycles. The highest BCUT2D eigenvalue weighted by Crippen LogP contribution is 2.25. The number of benzene rings is 1.